The van der Waals surface area contributed by atoms with Crippen LogP contribution < -0.4 is 0 Å². The van der Waals surface area contributed by atoms with E-state index in [2.05, 4.69) is 0 Å². The lowest BCUT2D eigenvalue weighted by Gasteiger charge is -2.13. The molecule has 17 heavy (non-hydrogen) atoms. The van der Waals surface area contributed by atoms with E-state index in [1.807, 2.05) is 0 Å². The number of hydrogen-bond donors (Lipinski definition) is 0. The molecule has 1 aliphatic carbocycles. The fourth-order valence-electron chi connectivity index (χ4n) is 1.61. The number of carbonyl (C=O) groups excluding carboxylic acids is 1. The minimum Gasteiger partial charge on any atom is -0.455 e. The van der Waals surface area contributed by atoms with E-state index in [-0.39, 0.29) is 28.4 Å². The lowest BCUT2D eigenvalue weighted by atomic mass is 10.4. The molecule has 0 N–H and O–H groups in total. The van der Waals surface area contributed by atoms with Crippen molar-refractivity contribution < 1.29 is 17.6 Å². The third-order valence-corrected chi connectivity index (χ3v) is 4.19. The van der Waals surface area contributed by atoms with Crippen molar-refractivity contribution in [3.05, 3.63) is 17.6 Å². The number of nitrogens with zero attached hydrogens (tertiary/aromatic N) is 1. The third kappa shape index (κ3) is 2.47. The second kappa shape index (κ2) is 4.03. The van der Waals surface area contributed by atoms with Gasteiger partial charge in [0.05, 0.1) is 0 Å². The highest BCUT2D eigenvalue weighted by Crippen LogP contribution is 2.29. The highest BCUT2D eigenvalue weighted by molar-refractivity contribution is 8.13. The molecule has 1 fully saturated rings. The molecular weight excluding hydrogens is 266 g/mol. The number of carbonyl (C=O) groups is 1. The Bertz CT molecular complexity index is 559. The Balaban J connectivity index is 2.31. The molecule has 1 amide bonds. The zero-order chi connectivity index (χ0) is 12.8. The first kappa shape index (κ1) is 12.4. The Morgan fingerprint density at radius 1 is 1.53 bits per heavy atom. The maximum atomic E-state index is 11.9. The summed E-state index contributed by atoms with van der Waals surface area (Å²) < 4.78 is 27.5. The van der Waals surface area contributed by atoms with Gasteiger partial charge in [-0.25, -0.2) is 8.42 Å². The molecule has 0 bridgehead atoms. The van der Waals surface area contributed by atoms with Gasteiger partial charge >= 0.3 is 0 Å². The Kier molecular flexibility index (Phi) is 2.95. The highest BCUT2D eigenvalue weighted by Gasteiger charge is 2.32. The second-order valence-electron chi connectivity index (χ2n) is 4.12. The first-order valence-electron chi connectivity index (χ1n) is 5.13. The van der Waals surface area contributed by atoms with E-state index in [1.165, 1.54) is 13.0 Å². The molecule has 1 heterocycles. The van der Waals surface area contributed by atoms with Crippen LogP contribution in [-0.4, -0.2) is 32.3 Å². The first-order chi connectivity index (χ1) is 7.80. The maximum Gasteiger partial charge on any atom is 0.289 e. The summed E-state index contributed by atoms with van der Waals surface area (Å²) in [6.07, 6.45) is 1.95. The van der Waals surface area contributed by atoms with Crippen molar-refractivity contribution >= 4 is 25.6 Å². The van der Waals surface area contributed by atoms with Crippen LogP contribution in [0, 0.1) is 6.92 Å². The number of rotatable bonds is 3. The van der Waals surface area contributed by atoms with E-state index in [4.69, 9.17) is 15.1 Å². The molecular formula is C10H12ClNO4S. The molecule has 1 aromatic heterocycles. The minimum atomic E-state index is -3.87. The molecule has 0 aromatic carbocycles. The Morgan fingerprint density at radius 2 is 2.12 bits per heavy atom. The zero-order valence-corrected chi connectivity index (χ0v) is 11.0. The van der Waals surface area contributed by atoms with Gasteiger partial charge in [0.25, 0.3) is 15.0 Å². The number of halogens is 1. The summed E-state index contributed by atoms with van der Waals surface area (Å²) in [6.45, 7) is 1.46. The maximum absolute atomic E-state index is 11.9. The molecule has 1 aliphatic rings. The second-order valence-corrected chi connectivity index (χ2v) is 6.65. The van der Waals surface area contributed by atoms with E-state index in [0.29, 0.717) is 0 Å². The van der Waals surface area contributed by atoms with Gasteiger partial charge in [-0.15, -0.1) is 0 Å². The lowest BCUT2D eigenvalue weighted by molar-refractivity contribution is 0.0752. The molecule has 0 atom stereocenters. The monoisotopic (exact) mass is 277 g/mol. The van der Waals surface area contributed by atoms with Crippen LogP contribution in [0.1, 0.15) is 29.2 Å². The average molecular weight is 278 g/mol. The molecule has 0 radical (unpaired) electrons. The SMILES string of the molecule is Cc1oc(C(=O)N(C)C2CC2)cc1S(=O)(=O)Cl. The van der Waals surface area contributed by atoms with Crippen molar-refractivity contribution in [1.82, 2.24) is 4.90 Å². The average Bonchev–Trinajstić information content (AvgIpc) is 2.98. The van der Waals surface area contributed by atoms with Crippen molar-refractivity contribution in [2.45, 2.75) is 30.7 Å². The van der Waals surface area contributed by atoms with Crippen molar-refractivity contribution in [1.29, 1.82) is 0 Å². The van der Waals surface area contributed by atoms with Crippen LogP contribution >= 0.6 is 10.7 Å². The molecule has 5 nitrogen and oxygen atoms in total. The van der Waals surface area contributed by atoms with Gasteiger partial charge in [0.15, 0.2) is 5.76 Å². The third-order valence-electron chi connectivity index (χ3n) is 2.76. The van der Waals surface area contributed by atoms with Gasteiger partial charge in [0.2, 0.25) is 0 Å². The van der Waals surface area contributed by atoms with E-state index in [9.17, 15) is 13.2 Å². The van der Waals surface area contributed by atoms with E-state index in [0.717, 1.165) is 12.8 Å². The summed E-state index contributed by atoms with van der Waals surface area (Å²) in [5.41, 5.74) is 0. The fraction of sp³-hybridized carbons (Fsp3) is 0.500. The molecule has 0 spiro atoms. The Hall–Kier alpha value is -1.01. The Labute approximate surface area is 104 Å². The quantitative estimate of drug-likeness (QED) is 0.790. The van der Waals surface area contributed by atoms with Crippen molar-refractivity contribution in [3.8, 4) is 0 Å². The molecule has 7 heteroatoms. The van der Waals surface area contributed by atoms with Gasteiger partial charge in [-0.1, -0.05) is 0 Å². The van der Waals surface area contributed by atoms with Gasteiger partial charge in [0.1, 0.15) is 10.7 Å². The summed E-state index contributed by atoms with van der Waals surface area (Å²) in [5.74, 6) is -0.175. The molecule has 1 saturated carbocycles. The summed E-state index contributed by atoms with van der Waals surface area (Å²) in [7, 11) is 3.03. The van der Waals surface area contributed by atoms with Crippen molar-refractivity contribution in [3.63, 3.8) is 0 Å². The standard InChI is InChI=1S/C10H12ClNO4S/c1-6-9(17(11,14)15)5-8(16-6)10(13)12(2)7-3-4-7/h5,7H,3-4H2,1-2H3. The number of hydrogen-bond acceptors (Lipinski definition) is 4. The normalized spacial score (nSPS) is 15.9. The van der Waals surface area contributed by atoms with Gasteiger partial charge < -0.3 is 9.32 Å². The summed E-state index contributed by atoms with van der Waals surface area (Å²) in [4.78, 5) is 13.3. The molecule has 0 unspecified atom stereocenters. The van der Waals surface area contributed by atoms with Crippen molar-refractivity contribution in [2.75, 3.05) is 7.05 Å². The number of amides is 1. The van der Waals surface area contributed by atoms with Crippen LogP contribution in [-0.2, 0) is 9.05 Å². The zero-order valence-electron chi connectivity index (χ0n) is 9.44. The van der Waals surface area contributed by atoms with Crippen LogP contribution in [0.3, 0.4) is 0 Å². The molecule has 94 valence electrons. The van der Waals surface area contributed by atoms with Crippen molar-refractivity contribution in [2.24, 2.45) is 0 Å². The molecule has 2 rings (SSSR count). The summed E-state index contributed by atoms with van der Waals surface area (Å²) >= 11 is 0. The first-order valence-corrected chi connectivity index (χ1v) is 7.44. The van der Waals surface area contributed by atoms with Crippen LogP contribution in [0.2, 0.25) is 0 Å². The lowest BCUT2D eigenvalue weighted by Crippen LogP contribution is -2.28. The van der Waals surface area contributed by atoms with Gasteiger partial charge in [0, 0.05) is 29.8 Å². The van der Waals surface area contributed by atoms with Gasteiger partial charge in [-0.2, -0.15) is 0 Å². The fourth-order valence-corrected chi connectivity index (χ4v) is 2.71. The Morgan fingerprint density at radius 3 is 2.53 bits per heavy atom. The summed E-state index contributed by atoms with van der Waals surface area (Å²) in [5, 5.41) is 0. The minimum absolute atomic E-state index is 0.0103. The highest BCUT2D eigenvalue weighted by atomic mass is 35.7. The molecule has 0 aliphatic heterocycles. The van der Waals surface area contributed by atoms with E-state index in [1.54, 1.807) is 11.9 Å². The van der Waals surface area contributed by atoms with Gasteiger partial charge in [-0.05, 0) is 19.8 Å². The molecule has 1 aromatic rings. The summed E-state index contributed by atoms with van der Waals surface area (Å²) in [6, 6.07) is 1.42. The topological polar surface area (TPSA) is 67.6 Å². The smallest absolute Gasteiger partial charge is 0.289 e. The predicted octanol–water partition coefficient (Wildman–Crippen LogP) is 1.75. The van der Waals surface area contributed by atoms with Crippen LogP contribution in [0.25, 0.3) is 0 Å². The predicted molar refractivity (Wildman–Crippen MR) is 61.6 cm³/mol. The van der Waals surface area contributed by atoms with Gasteiger partial charge in [-0.3, -0.25) is 4.79 Å². The number of furan rings is 1. The largest absolute Gasteiger partial charge is 0.455 e. The van der Waals surface area contributed by atoms with Crippen LogP contribution in [0.15, 0.2) is 15.4 Å². The van der Waals surface area contributed by atoms with Crippen LogP contribution in [0.5, 0.6) is 0 Å². The van der Waals surface area contributed by atoms with Crippen LogP contribution in [0.4, 0.5) is 0 Å². The molecule has 0 saturated heterocycles. The van der Waals surface area contributed by atoms with E-state index >= 15 is 0 Å². The van der Waals surface area contributed by atoms with E-state index < -0.39 is 9.05 Å². The number of aryl methyl sites for hydroxylation is 1.